The average molecular weight is 333 g/mol. The Hall–Kier alpha value is -2.25. The number of carbonyl (C=O) groups excluding carboxylic acids is 1. The van der Waals surface area contributed by atoms with E-state index in [9.17, 15) is 4.79 Å². The Kier molecular flexibility index (Phi) is 4.92. The second-order valence-electron chi connectivity index (χ2n) is 5.95. The fraction of sp³-hybridized carbons (Fsp3) is 0.471. The van der Waals surface area contributed by atoms with E-state index in [4.69, 9.17) is 14.3 Å². The lowest BCUT2D eigenvalue weighted by Gasteiger charge is -2.29. The SMILES string of the molecule is COc1ccc(CNC(=O)C2=CC3(CCNCC3)ON2)cc1OC. The molecule has 1 amide bonds. The summed E-state index contributed by atoms with van der Waals surface area (Å²) in [6, 6.07) is 5.56. The number of benzene rings is 1. The third kappa shape index (κ3) is 3.47. The molecule has 130 valence electrons. The van der Waals surface area contributed by atoms with E-state index in [2.05, 4.69) is 16.1 Å². The Bertz CT molecular complexity index is 639. The number of hydrogen-bond donors (Lipinski definition) is 3. The standard InChI is InChI=1S/C17H23N3O4/c1-22-14-4-3-12(9-15(14)23-2)11-19-16(21)13-10-17(24-20-13)5-7-18-8-6-17/h3-4,9-10,18,20H,5-8,11H2,1-2H3,(H,19,21). The van der Waals surface area contributed by atoms with Gasteiger partial charge in [-0.3, -0.25) is 15.1 Å². The summed E-state index contributed by atoms with van der Waals surface area (Å²) < 4.78 is 10.5. The highest BCUT2D eigenvalue weighted by atomic mass is 16.7. The summed E-state index contributed by atoms with van der Waals surface area (Å²) in [7, 11) is 3.18. The van der Waals surface area contributed by atoms with Crippen molar-refractivity contribution in [3.8, 4) is 11.5 Å². The Labute approximate surface area is 141 Å². The minimum Gasteiger partial charge on any atom is -0.493 e. The van der Waals surface area contributed by atoms with Crippen LogP contribution in [0.25, 0.3) is 0 Å². The van der Waals surface area contributed by atoms with Crippen LogP contribution >= 0.6 is 0 Å². The first-order chi connectivity index (χ1) is 11.7. The van der Waals surface area contributed by atoms with Crippen LogP contribution in [-0.2, 0) is 16.2 Å². The predicted octanol–water partition coefficient (Wildman–Crippen LogP) is 0.861. The van der Waals surface area contributed by atoms with Gasteiger partial charge in [0.15, 0.2) is 11.5 Å². The fourth-order valence-corrected chi connectivity index (χ4v) is 2.95. The van der Waals surface area contributed by atoms with E-state index in [0.717, 1.165) is 31.5 Å². The number of amides is 1. The molecule has 24 heavy (non-hydrogen) atoms. The monoisotopic (exact) mass is 333 g/mol. The van der Waals surface area contributed by atoms with E-state index in [1.807, 2.05) is 24.3 Å². The molecule has 3 N–H and O–H groups in total. The largest absolute Gasteiger partial charge is 0.493 e. The van der Waals surface area contributed by atoms with Crippen molar-refractivity contribution in [2.24, 2.45) is 0 Å². The fourth-order valence-electron chi connectivity index (χ4n) is 2.95. The van der Waals surface area contributed by atoms with Crippen molar-refractivity contribution in [1.82, 2.24) is 16.1 Å². The minimum absolute atomic E-state index is 0.180. The van der Waals surface area contributed by atoms with Crippen molar-refractivity contribution in [2.75, 3.05) is 27.3 Å². The Balaban J connectivity index is 1.61. The normalized spacial score (nSPS) is 18.7. The molecule has 0 bridgehead atoms. The van der Waals surface area contributed by atoms with Gasteiger partial charge < -0.3 is 20.1 Å². The predicted molar refractivity (Wildman–Crippen MR) is 88.5 cm³/mol. The third-order valence-corrected chi connectivity index (χ3v) is 4.37. The highest BCUT2D eigenvalue weighted by Gasteiger charge is 2.37. The van der Waals surface area contributed by atoms with Gasteiger partial charge in [0.1, 0.15) is 11.3 Å². The minimum atomic E-state index is -0.360. The molecule has 0 radical (unpaired) electrons. The number of rotatable bonds is 5. The molecule has 1 saturated heterocycles. The summed E-state index contributed by atoms with van der Waals surface area (Å²) in [6.45, 7) is 2.17. The maximum Gasteiger partial charge on any atom is 0.269 e. The zero-order valence-corrected chi connectivity index (χ0v) is 14.0. The lowest BCUT2D eigenvalue weighted by molar-refractivity contribution is -0.120. The number of methoxy groups -OCH3 is 2. The molecule has 2 aliphatic heterocycles. The van der Waals surface area contributed by atoms with Gasteiger partial charge in [0.25, 0.3) is 5.91 Å². The second kappa shape index (κ2) is 7.11. The van der Waals surface area contributed by atoms with Crippen molar-refractivity contribution in [1.29, 1.82) is 0 Å². The van der Waals surface area contributed by atoms with Crippen LogP contribution in [0.15, 0.2) is 30.0 Å². The van der Waals surface area contributed by atoms with Gasteiger partial charge >= 0.3 is 0 Å². The summed E-state index contributed by atoms with van der Waals surface area (Å²) in [6.07, 6.45) is 3.61. The van der Waals surface area contributed by atoms with Crippen LogP contribution in [0.2, 0.25) is 0 Å². The van der Waals surface area contributed by atoms with E-state index in [1.165, 1.54) is 0 Å². The molecule has 0 aliphatic carbocycles. The zero-order chi connectivity index (χ0) is 17.0. The molecule has 0 aromatic heterocycles. The molecule has 7 heteroatoms. The first-order valence-corrected chi connectivity index (χ1v) is 8.02. The highest BCUT2D eigenvalue weighted by Crippen LogP contribution is 2.29. The van der Waals surface area contributed by atoms with Gasteiger partial charge in [-0.1, -0.05) is 6.07 Å². The molecule has 2 heterocycles. The van der Waals surface area contributed by atoms with E-state index in [0.29, 0.717) is 23.7 Å². The summed E-state index contributed by atoms with van der Waals surface area (Å²) in [5.41, 5.74) is 3.81. The molecule has 7 nitrogen and oxygen atoms in total. The van der Waals surface area contributed by atoms with Crippen LogP contribution < -0.4 is 25.6 Å². The summed E-state index contributed by atoms with van der Waals surface area (Å²) in [5, 5.41) is 6.18. The summed E-state index contributed by atoms with van der Waals surface area (Å²) in [5.74, 6) is 1.12. The molecule has 2 aliphatic rings. The smallest absolute Gasteiger partial charge is 0.269 e. The quantitative estimate of drug-likeness (QED) is 0.742. The molecular weight excluding hydrogens is 310 g/mol. The van der Waals surface area contributed by atoms with Crippen LogP contribution in [-0.4, -0.2) is 38.8 Å². The van der Waals surface area contributed by atoms with Crippen LogP contribution in [0.1, 0.15) is 18.4 Å². The Morgan fingerprint density at radius 2 is 2.00 bits per heavy atom. The first-order valence-electron chi connectivity index (χ1n) is 8.02. The second-order valence-corrected chi connectivity index (χ2v) is 5.95. The Morgan fingerprint density at radius 3 is 2.71 bits per heavy atom. The molecule has 0 atom stereocenters. The van der Waals surface area contributed by atoms with Crippen LogP contribution in [0.3, 0.4) is 0 Å². The van der Waals surface area contributed by atoms with E-state index in [1.54, 1.807) is 14.2 Å². The number of carbonyl (C=O) groups is 1. The van der Waals surface area contributed by atoms with Gasteiger partial charge in [-0.25, -0.2) is 0 Å². The molecule has 1 aromatic carbocycles. The average Bonchev–Trinajstić information content (AvgIpc) is 3.03. The molecule has 3 rings (SSSR count). The van der Waals surface area contributed by atoms with Gasteiger partial charge in [0.05, 0.1) is 14.2 Å². The molecular formula is C17H23N3O4. The molecule has 1 aromatic rings. The van der Waals surface area contributed by atoms with Crippen molar-refractivity contribution < 1.29 is 19.1 Å². The third-order valence-electron chi connectivity index (χ3n) is 4.37. The van der Waals surface area contributed by atoms with Crippen molar-refractivity contribution >= 4 is 5.91 Å². The zero-order valence-electron chi connectivity index (χ0n) is 14.0. The van der Waals surface area contributed by atoms with Gasteiger partial charge in [0.2, 0.25) is 0 Å². The Morgan fingerprint density at radius 1 is 1.25 bits per heavy atom. The maximum absolute atomic E-state index is 12.3. The molecule has 1 fully saturated rings. The number of ether oxygens (including phenoxy) is 2. The molecule has 0 unspecified atom stereocenters. The van der Waals surface area contributed by atoms with E-state index < -0.39 is 0 Å². The number of hydrogen-bond acceptors (Lipinski definition) is 6. The number of nitrogens with one attached hydrogen (secondary N) is 3. The van der Waals surface area contributed by atoms with Gasteiger partial charge in [0, 0.05) is 6.54 Å². The topological polar surface area (TPSA) is 80.9 Å². The molecule has 0 saturated carbocycles. The van der Waals surface area contributed by atoms with Crippen molar-refractivity contribution in [3.63, 3.8) is 0 Å². The van der Waals surface area contributed by atoms with E-state index in [-0.39, 0.29) is 11.5 Å². The lowest BCUT2D eigenvalue weighted by Crippen LogP contribution is -2.42. The maximum atomic E-state index is 12.3. The van der Waals surface area contributed by atoms with Crippen LogP contribution in [0, 0.1) is 0 Å². The summed E-state index contributed by atoms with van der Waals surface area (Å²) >= 11 is 0. The van der Waals surface area contributed by atoms with Gasteiger partial charge in [-0.15, -0.1) is 0 Å². The summed E-state index contributed by atoms with van der Waals surface area (Å²) in [4.78, 5) is 18.0. The van der Waals surface area contributed by atoms with Crippen LogP contribution in [0.4, 0.5) is 0 Å². The van der Waals surface area contributed by atoms with Gasteiger partial charge in [-0.05, 0) is 49.7 Å². The van der Waals surface area contributed by atoms with Crippen LogP contribution in [0.5, 0.6) is 11.5 Å². The van der Waals surface area contributed by atoms with Crippen molar-refractivity contribution in [3.05, 3.63) is 35.5 Å². The number of hydroxylamine groups is 1. The van der Waals surface area contributed by atoms with E-state index >= 15 is 0 Å². The highest BCUT2D eigenvalue weighted by molar-refractivity contribution is 5.93. The van der Waals surface area contributed by atoms with Crippen molar-refractivity contribution in [2.45, 2.75) is 25.0 Å². The first kappa shape index (κ1) is 16.6. The molecule has 1 spiro atoms. The lowest BCUT2D eigenvalue weighted by atomic mass is 9.92. The number of piperidine rings is 1. The van der Waals surface area contributed by atoms with Gasteiger partial charge in [-0.2, -0.15) is 0 Å².